The van der Waals surface area contributed by atoms with E-state index in [4.69, 9.17) is 4.42 Å². The fraction of sp³-hybridized carbons (Fsp3) is 0.500. The third kappa shape index (κ3) is 2.66. The van der Waals surface area contributed by atoms with Crippen LogP contribution in [0.1, 0.15) is 23.4 Å². The van der Waals surface area contributed by atoms with Crippen molar-refractivity contribution in [3.63, 3.8) is 0 Å². The van der Waals surface area contributed by atoms with Crippen LogP contribution >= 0.6 is 15.9 Å². The SMILES string of the molecule is O=C(NCC1(CBr)CC1)c1ccc([N+](=O)[O-])o1. The molecule has 0 saturated heterocycles. The average Bonchev–Trinajstić information content (AvgIpc) is 2.92. The van der Waals surface area contributed by atoms with Gasteiger partial charge in [-0.05, 0) is 24.3 Å². The molecular formula is C10H11BrN2O4. The summed E-state index contributed by atoms with van der Waals surface area (Å²) in [5.41, 5.74) is 0.161. The lowest BCUT2D eigenvalue weighted by Gasteiger charge is -2.11. The second-order valence-electron chi connectivity index (χ2n) is 4.21. The van der Waals surface area contributed by atoms with E-state index in [0.717, 1.165) is 18.2 Å². The Morgan fingerprint density at radius 3 is 2.76 bits per heavy atom. The second-order valence-corrected chi connectivity index (χ2v) is 4.77. The predicted molar refractivity (Wildman–Crippen MR) is 63.2 cm³/mol. The van der Waals surface area contributed by atoms with E-state index in [1.54, 1.807) is 0 Å². The molecule has 1 heterocycles. The topological polar surface area (TPSA) is 85.4 Å². The van der Waals surface area contributed by atoms with Gasteiger partial charge in [0.1, 0.15) is 4.92 Å². The molecule has 2 rings (SSSR count). The van der Waals surface area contributed by atoms with Gasteiger partial charge >= 0.3 is 5.88 Å². The molecule has 0 radical (unpaired) electrons. The summed E-state index contributed by atoms with van der Waals surface area (Å²) < 4.78 is 4.80. The quantitative estimate of drug-likeness (QED) is 0.513. The van der Waals surface area contributed by atoms with Crippen LogP contribution < -0.4 is 5.32 Å². The van der Waals surface area contributed by atoms with E-state index < -0.39 is 16.7 Å². The van der Waals surface area contributed by atoms with Gasteiger partial charge in [-0.1, -0.05) is 15.9 Å². The zero-order chi connectivity index (χ0) is 12.5. The molecule has 92 valence electrons. The van der Waals surface area contributed by atoms with Crippen molar-refractivity contribution in [2.45, 2.75) is 12.8 Å². The highest BCUT2D eigenvalue weighted by atomic mass is 79.9. The minimum atomic E-state index is -0.669. The molecular weight excluding hydrogens is 292 g/mol. The Bertz CT molecular complexity index is 453. The first-order valence-electron chi connectivity index (χ1n) is 5.15. The maximum Gasteiger partial charge on any atom is 0.433 e. The van der Waals surface area contributed by atoms with Crippen LogP contribution in [0.5, 0.6) is 0 Å². The summed E-state index contributed by atoms with van der Waals surface area (Å²) in [4.78, 5) is 21.3. The highest BCUT2D eigenvalue weighted by Crippen LogP contribution is 2.46. The van der Waals surface area contributed by atoms with Crippen LogP contribution in [-0.4, -0.2) is 22.7 Å². The maximum absolute atomic E-state index is 11.6. The number of alkyl halides is 1. The van der Waals surface area contributed by atoms with Crippen molar-refractivity contribution < 1.29 is 14.1 Å². The molecule has 0 aliphatic heterocycles. The Hall–Kier alpha value is -1.37. The van der Waals surface area contributed by atoms with E-state index in [-0.39, 0.29) is 11.2 Å². The smallest absolute Gasteiger partial charge is 0.395 e. The molecule has 0 atom stereocenters. The molecule has 1 saturated carbocycles. The fourth-order valence-electron chi connectivity index (χ4n) is 1.44. The lowest BCUT2D eigenvalue weighted by Crippen LogP contribution is -2.30. The van der Waals surface area contributed by atoms with Gasteiger partial charge in [0.05, 0.1) is 6.07 Å². The summed E-state index contributed by atoms with van der Waals surface area (Å²) in [5, 5.41) is 13.9. The lowest BCUT2D eigenvalue weighted by atomic mass is 10.1. The number of carbonyl (C=O) groups excluding carboxylic acids is 1. The van der Waals surface area contributed by atoms with Gasteiger partial charge in [0.25, 0.3) is 5.91 Å². The van der Waals surface area contributed by atoms with Crippen LogP contribution in [0.2, 0.25) is 0 Å². The van der Waals surface area contributed by atoms with Gasteiger partial charge in [0.2, 0.25) is 0 Å². The Balaban J connectivity index is 1.93. The average molecular weight is 303 g/mol. The Morgan fingerprint density at radius 2 is 2.29 bits per heavy atom. The summed E-state index contributed by atoms with van der Waals surface area (Å²) in [6, 6.07) is 2.48. The monoisotopic (exact) mass is 302 g/mol. The summed E-state index contributed by atoms with van der Waals surface area (Å²) >= 11 is 3.40. The molecule has 6 nitrogen and oxygen atoms in total. The molecule has 0 unspecified atom stereocenters. The largest absolute Gasteiger partial charge is 0.433 e. The Kier molecular flexibility index (Phi) is 3.19. The van der Waals surface area contributed by atoms with Crippen LogP contribution in [0.15, 0.2) is 16.5 Å². The first kappa shape index (κ1) is 12.1. The second kappa shape index (κ2) is 4.48. The zero-order valence-electron chi connectivity index (χ0n) is 8.94. The first-order chi connectivity index (χ1) is 8.06. The number of nitro groups is 1. The van der Waals surface area contributed by atoms with E-state index in [1.165, 1.54) is 12.1 Å². The zero-order valence-corrected chi connectivity index (χ0v) is 10.5. The Labute approximate surface area is 106 Å². The van der Waals surface area contributed by atoms with Gasteiger partial charge in [0.15, 0.2) is 5.76 Å². The van der Waals surface area contributed by atoms with Gasteiger partial charge in [-0.3, -0.25) is 14.9 Å². The number of furan rings is 1. The molecule has 1 N–H and O–H groups in total. The van der Waals surface area contributed by atoms with Crippen LogP contribution in [-0.2, 0) is 0 Å². The van der Waals surface area contributed by atoms with Crippen LogP contribution in [0, 0.1) is 15.5 Å². The molecule has 1 amide bonds. The number of rotatable bonds is 5. The third-order valence-electron chi connectivity index (χ3n) is 2.86. The first-order valence-corrected chi connectivity index (χ1v) is 6.27. The number of hydrogen-bond donors (Lipinski definition) is 1. The van der Waals surface area contributed by atoms with Gasteiger partial charge in [-0.2, -0.15) is 0 Å². The normalized spacial score (nSPS) is 16.5. The van der Waals surface area contributed by atoms with E-state index in [0.29, 0.717) is 6.54 Å². The highest BCUT2D eigenvalue weighted by Gasteiger charge is 2.41. The number of amides is 1. The summed E-state index contributed by atoms with van der Waals surface area (Å²) in [6.45, 7) is 0.561. The van der Waals surface area contributed by atoms with Crippen molar-refractivity contribution in [3.05, 3.63) is 28.0 Å². The van der Waals surface area contributed by atoms with Crippen LogP contribution in [0.3, 0.4) is 0 Å². The van der Waals surface area contributed by atoms with Gasteiger partial charge in [-0.25, -0.2) is 0 Å². The molecule has 0 spiro atoms. The molecule has 17 heavy (non-hydrogen) atoms. The van der Waals surface area contributed by atoms with E-state index in [2.05, 4.69) is 21.2 Å². The number of nitrogens with one attached hydrogen (secondary N) is 1. The standard InChI is InChI=1S/C10H11BrN2O4/c11-5-10(3-4-10)6-12-9(14)7-1-2-8(17-7)13(15)16/h1-2H,3-6H2,(H,12,14). The predicted octanol–water partition coefficient (Wildman–Crippen LogP) is 2.09. The van der Waals surface area contributed by atoms with Gasteiger partial charge in [0, 0.05) is 11.9 Å². The van der Waals surface area contributed by atoms with Crippen molar-refractivity contribution in [1.29, 1.82) is 0 Å². The van der Waals surface area contributed by atoms with E-state index >= 15 is 0 Å². The molecule has 1 fully saturated rings. The summed E-state index contributed by atoms with van der Waals surface area (Å²) in [7, 11) is 0. The van der Waals surface area contributed by atoms with Crippen molar-refractivity contribution in [1.82, 2.24) is 5.32 Å². The van der Waals surface area contributed by atoms with Crippen molar-refractivity contribution in [2.24, 2.45) is 5.41 Å². The lowest BCUT2D eigenvalue weighted by molar-refractivity contribution is -0.402. The summed E-state index contributed by atoms with van der Waals surface area (Å²) in [5.74, 6) is -0.857. The molecule has 1 aromatic rings. The summed E-state index contributed by atoms with van der Waals surface area (Å²) in [6.07, 6.45) is 2.16. The third-order valence-corrected chi connectivity index (χ3v) is 4.05. The molecule has 1 aliphatic rings. The van der Waals surface area contributed by atoms with Gasteiger partial charge in [-0.15, -0.1) is 0 Å². The molecule has 0 aromatic carbocycles. The number of nitrogens with zero attached hydrogens (tertiary/aromatic N) is 1. The van der Waals surface area contributed by atoms with Crippen molar-refractivity contribution in [2.75, 3.05) is 11.9 Å². The highest BCUT2D eigenvalue weighted by molar-refractivity contribution is 9.09. The number of hydrogen-bond acceptors (Lipinski definition) is 4. The van der Waals surface area contributed by atoms with Crippen LogP contribution in [0.4, 0.5) is 5.88 Å². The number of carbonyl (C=O) groups is 1. The van der Waals surface area contributed by atoms with Crippen LogP contribution in [0.25, 0.3) is 0 Å². The molecule has 0 bridgehead atoms. The molecule has 1 aromatic heterocycles. The minimum Gasteiger partial charge on any atom is -0.395 e. The Morgan fingerprint density at radius 1 is 1.59 bits per heavy atom. The van der Waals surface area contributed by atoms with E-state index in [9.17, 15) is 14.9 Å². The maximum atomic E-state index is 11.6. The van der Waals surface area contributed by atoms with Gasteiger partial charge < -0.3 is 9.73 Å². The minimum absolute atomic E-state index is 0.0259. The van der Waals surface area contributed by atoms with Crippen molar-refractivity contribution >= 4 is 27.7 Å². The van der Waals surface area contributed by atoms with E-state index in [1.807, 2.05) is 0 Å². The molecule has 1 aliphatic carbocycles. The number of halogens is 1. The van der Waals surface area contributed by atoms with Crippen molar-refractivity contribution in [3.8, 4) is 0 Å². The molecule has 7 heteroatoms. The fourth-order valence-corrected chi connectivity index (χ4v) is 2.20.